The van der Waals surface area contributed by atoms with Crippen LogP contribution < -0.4 is 15.8 Å². The van der Waals surface area contributed by atoms with Gasteiger partial charge in [-0.3, -0.25) is 10.2 Å². The van der Waals surface area contributed by atoms with E-state index < -0.39 is 36.6 Å². The third-order valence-corrected chi connectivity index (χ3v) is 5.65. The molecule has 1 aromatic rings. The number of alkyl halides is 2. The van der Waals surface area contributed by atoms with E-state index in [2.05, 4.69) is 15.8 Å². The molecule has 2 heterocycles. The van der Waals surface area contributed by atoms with E-state index in [-0.39, 0.29) is 12.3 Å². The van der Waals surface area contributed by atoms with Crippen molar-refractivity contribution in [2.75, 3.05) is 29.7 Å². The van der Waals surface area contributed by atoms with Gasteiger partial charge in [-0.25, -0.2) is 10.2 Å². The fourth-order valence-electron chi connectivity index (χ4n) is 3.66. The number of anilines is 1. The number of carbonyl (C=O) groups is 2. The smallest absolute Gasteiger partial charge is 0.338 e. The standard InChI is InChI=1S/C20H27Cl2N3O6/c21-8-10-25(11-9-22)13-6-4-12(5-7-13)2-1-3-14(26)23-24-19-15(27)17-18(30-19)16(28)20(29)31-17/h4-7,15-19,24,27-28H,1-3,8-11H2,(H,23,26)/t15-,16+,17-,18-,19-/m1/s1. The molecule has 2 fully saturated rings. The Morgan fingerprint density at radius 2 is 1.77 bits per heavy atom. The molecule has 0 unspecified atom stereocenters. The Bertz CT molecular complexity index is 747. The summed E-state index contributed by atoms with van der Waals surface area (Å²) in [4.78, 5) is 25.5. The molecule has 172 valence electrons. The van der Waals surface area contributed by atoms with Gasteiger partial charge in [0.1, 0.15) is 12.2 Å². The molecule has 0 aliphatic carbocycles. The molecule has 3 rings (SSSR count). The molecule has 2 aliphatic rings. The molecule has 1 amide bonds. The van der Waals surface area contributed by atoms with Gasteiger partial charge in [-0.1, -0.05) is 12.1 Å². The predicted molar refractivity (Wildman–Crippen MR) is 115 cm³/mol. The van der Waals surface area contributed by atoms with Gasteiger partial charge in [0.05, 0.1) is 0 Å². The first-order valence-corrected chi connectivity index (χ1v) is 11.2. The number of fused-ring (bicyclic) bond motifs is 1. The average Bonchev–Trinajstić information content (AvgIpc) is 3.22. The summed E-state index contributed by atoms with van der Waals surface area (Å²) < 4.78 is 10.3. The third kappa shape index (κ3) is 6.00. The molecule has 0 bridgehead atoms. The van der Waals surface area contributed by atoms with Gasteiger partial charge in [0.15, 0.2) is 18.4 Å². The maximum absolute atomic E-state index is 12.1. The normalized spacial score (nSPS) is 27.1. The van der Waals surface area contributed by atoms with Crippen LogP contribution in [0.2, 0.25) is 0 Å². The number of rotatable bonds is 11. The first-order chi connectivity index (χ1) is 14.9. The number of nitrogens with zero attached hydrogens (tertiary/aromatic N) is 1. The van der Waals surface area contributed by atoms with Crippen LogP contribution in [-0.2, 0) is 25.5 Å². The number of halogens is 2. The Kier molecular flexibility index (Phi) is 8.76. The maximum Gasteiger partial charge on any atom is 0.338 e. The number of benzene rings is 1. The predicted octanol–water partition coefficient (Wildman–Crippen LogP) is 0.286. The van der Waals surface area contributed by atoms with Crippen molar-refractivity contribution in [3.8, 4) is 0 Å². The zero-order valence-corrected chi connectivity index (χ0v) is 18.4. The van der Waals surface area contributed by atoms with Gasteiger partial charge in [0.2, 0.25) is 5.91 Å². The fourth-order valence-corrected chi connectivity index (χ4v) is 4.06. The molecule has 0 aromatic heterocycles. The summed E-state index contributed by atoms with van der Waals surface area (Å²) in [5.74, 6) is -0.0389. The van der Waals surface area contributed by atoms with E-state index in [1.807, 2.05) is 24.3 Å². The zero-order chi connectivity index (χ0) is 22.4. The van der Waals surface area contributed by atoms with Crippen LogP contribution in [0.15, 0.2) is 24.3 Å². The second-order valence-corrected chi connectivity index (χ2v) is 8.19. The highest BCUT2D eigenvalue weighted by molar-refractivity contribution is 6.18. The minimum absolute atomic E-state index is 0.266. The maximum atomic E-state index is 12.1. The molecular formula is C20H27Cl2N3O6. The number of amides is 1. The number of ether oxygens (including phenoxy) is 2. The summed E-state index contributed by atoms with van der Waals surface area (Å²) in [5, 5.41) is 19.8. The number of nitrogens with one attached hydrogen (secondary N) is 2. The molecular weight excluding hydrogens is 449 g/mol. The third-order valence-electron chi connectivity index (χ3n) is 5.31. The Balaban J connectivity index is 1.37. The first-order valence-electron chi connectivity index (χ1n) is 10.2. The van der Waals surface area contributed by atoms with E-state index in [0.29, 0.717) is 18.2 Å². The summed E-state index contributed by atoms with van der Waals surface area (Å²) in [5.41, 5.74) is 7.24. The SMILES string of the molecule is O=C(CCCc1ccc(N(CCCl)CCCl)cc1)NN[C@@H]1O[C@H]2[C@H](OC(=O)[C@H]2O)[C@H]1O. The van der Waals surface area contributed by atoms with E-state index in [4.69, 9.17) is 32.7 Å². The van der Waals surface area contributed by atoms with Crippen molar-refractivity contribution in [1.29, 1.82) is 0 Å². The van der Waals surface area contributed by atoms with E-state index >= 15 is 0 Å². The van der Waals surface area contributed by atoms with E-state index in [1.54, 1.807) is 0 Å². The number of hydrogen-bond acceptors (Lipinski definition) is 8. The molecule has 2 saturated heterocycles. The summed E-state index contributed by atoms with van der Waals surface area (Å²) in [6.45, 7) is 1.45. The summed E-state index contributed by atoms with van der Waals surface area (Å²) in [6, 6.07) is 8.09. The summed E-state index contributed by atoms with van der Waals surface area (Å²) in [6.07, 6.45) is -3.88. The van der Waals surface area contributed by atoms with Gasteiger partial charge in [-0.2, -0.15) is 0 Å². The molecule has 4 N–H and O–H groups in total. The fraction of sp³-hybridized carbons (Fsp3) is 0.600. The summed E-state index contributed by atoms with van der Waals surface area (Å²) in [7, 11) is 0. The molecule has 1 aromatic carbocycles. The minimum atomic E-state index is -1.44. The van der Waals surface area contributed by atoms with Crippen molar-refractivity contribution >= 4 is 40.8 Å². The molecule has 5 atom stereocenters. The van der Waals surface area contributed by atoms with Crippen molar-refractivity contribution in [2.45, 2.75) is 49.9 Å². The molecule has 11 heteroatoms. The Hall–Kier alpha value is -1.62. The molecule has 2 aliphatic heterocycles. The zero-order valence-electron chi connectivity index (χ0n) is 16.9. The summed E-state index contributed by atoms with van der Waals surface area (Å²) >= 11 is 11.7. The lowest BCUT2D eigenvalue weighted by atomic mass is 10.1. The van der Waals surface area contributed by atoms with Crippen molar-refractivity contribution in [1.82, 2.24) is 10.9 Å². The molecule has 0 saturated carbocycles. The van der Waals surface area contributed by atoms with Crippen LogP contribution in [0.3, 0.4) is 0 Å². The molecule has 9 nitrogen and oxygen atoms in total. The van der Waals surface area contributed by atoms with Crippen molar-refractivity contribution < 1.29 is 29.3 Å². The number of carbonyl (C=O) groups excluding carboxylic acids is 2. The minimum Gasteiger partial charge on any atom is -0.455 e. The van der Waals surface area contributed by atoms with Crippen LogP contribution in [0.25, 0.3) is 0 Å². The number of hydrazine groups is 1. The monoisotopic (exact) mass is 475 g/mol. The Labute approximate surface area is 190 Å². The lowest BCUT2D eigenvalue weighted by Gasteiger charge is -2.23. The number of aryl methyl sites for hydroxylation is 1. The van der Waals surface area contributed by atoms with Crippen LogP contribution in [0, 0.1) is 0 Å². The lowest BCUT2D eigenvalue weighted by molar-refractivity contribution is -0.154. The van der Waals surface area contributed by atoms with Crippen molar-refractivity contribution in [3.05, 3.63) is 29.8 Å². The highest BCUT2D eigenvalue weighted by Gasteiger charge is 2.56. The highest BCUT2D eigenvalue weighted by atomic mass is 35.5. The van der Waals surface area contributed by atoms with Crippen molar-refractivity contribution in [3.63, 3.8) is 0 Å². The van der Waals surface area contributed by atoms with Crippen molar-refractivity contribution in [2.24, 2.45) is 0 Å². The highest BCUT2D eigenvalue weighted by Crippen LogP contribution is 2.30. The molecule has 0 radical (unpaired) electrons. The second kappa shape index (κ2) is 11.3. The number of aliphatic hydroxyl groups is 2. The van der Waals surface area contributed by atoms with Gasteiger partial charge < -0.3 is 24.6 Å². The number of hydrogen-bond donors (Lipinski definition) is 4. The Morgan fingerprint density at radius 1 is 1.10 bits per heavy atom. The lowest BCUT2D eigenvalue weighted by Crippen LogP contribution is -2.50. The number of esters is 1. The van der Waals surface area contributed by atoms with E-state index in [0.717, 1.165) is 30.8 Å². The van der Waals surface area contributed by atoms with Crippen LogP contribution in [0.1, 0.15) is 18.4 Å². The largest absolute Gasteiger partial charge is 0.455 e. The van der Waals surface area contributed by atoms with Gasteiger partial charge in [-0.05, 0) is 30.5 Å². The Morgan fingerprint density at radius 3 is 2.39 bits per heavy atom. The quantitative estimate of drug-likeness (QED) is 0.204. The average molecular weight is 476 g/mol. The van der Waals surface area contributed by atoms with Gasteiger partial charge in [0, 0.05) is 37.0 Å². The first kappa shape index (κ1) is 24.0. The van der Waals surface area contributed by atoms with Crippen LogP contribution in [0.4, 0.5) is 5.69 Å². The van der Waals surface area contributed by atoms with E-state index in [1.165, 1.54) is 0 Å². The van der Waals surface area contributed by atoms with Crippen LogP contribution >= 0.6 is 23.2 Å². The van der Waals surface area contributed by atoms with Crippen LogP contribution in [-0.4, -0.2) is 77.6 Å². The van der Waals surface area contributed by atoms with Gasteiger partial charge in [0.25, 0.3) is 0 Å². The second-order valence-electron chi connectivity index (χ2n) is 7.44. The van der Waals surface area contributed by atoms with E-state index in [9.17, 15) is 19.8 Å². The topological polar surface area (TPSA) is 120 Å². The van der Waals surface area contributed by atoms with Gasteiger partial charge >= 0.3 is 5.97 Å². The number of aliphatic hydroxyl groups excluding tert-OH is 2. The van der Waals surface area contributed by atoms with Gasteiger partial charge in [-0.15, -0.1) is 23.2 Å². The van der Waals surface area contributed by atoms with Crippen LogP contribution in [0.5, 0.6) is 0 Å². The molecule has 31 heavy (non-hydrogen) atoms. The molecule has 0 spiro atoms.